The third-order valence-corrected chi connectivity index (χ3v) is 3.41. The number of oxazole rings is 1. The van der Waals surface area contributed by atoms with Crippen molar-refractivity contribution in [1.82, 2.24) is 4.98 Å². The first-order valence-electron chi connectivity index (χ1n) is 6.50. The summed E-state index contributed by atoms with van der Waals surface area (Å²) in [6, 6.07) is 5.82. The van der Waals surface area contributed by atoms with Gasteiger partial charge in [0, 0.05) is 10.0 Å². The van der Waals surface area contributed by atoms with Crippen LogP contribution < -0.4 is 0 Å². The van der Waals surface area contributed by atoms with Crippen LogP contribution in [0.1, 0.15) is 35.7 Å². The van der Waals surface area contributed by atoms with E-state index in [1.807, 2.05) is 32.0 Å². The molecule has 0 aliphatic rings. The van der Waals surface area contributed by atoms with Gasteiger partial charge in [-0.05, 0) is 44.0 Å². The number of rotatable bonds is 4. The Hall–Kier alpha value is -1.62. The van der Waals surface area contributed by atoms with E-state index in [4.69, 9.17) is 9.15 Å². The summed E-state index contributed by atoms with van der Waals surface area (Å²) in [7, 11) is 0. The number of carbonyl (C=O) groups excluding carboxylic acids is 1. The van der Waals surface area contributed by atoms with E-state index in [-0.39, 0.29) is 5.76 Å². The van der Waals surface area contributed by atoms with Gasteiger partial charge in [0.25, 0.3) is 0 Å². The van der Waals surface area contributed by atoms with Crippen molar-refractivity contribution in [2.24, 2.45) is 0 Å². The number of nitrogens with zero attached hydrogens (tertiary/aromatic N) is 1. The van der Waals surface area contributed by atoms with Crippen LogP contribution in [0.15, 0.2) is 27.1 Å². The second-order valence-electron chi connectivity index (χ2n) is 4.33. The summed E-state index contributed by atoms with van der Waals surface area (Å²) < 4.78 is 11.6. The summed E-state index contributed by atoms with van der Waals surface area (Å²) in [6.07, 6.45) is 0.618. The Bertz CT molecular complexity index is 634. The Morgan fingerprint density at radius 3 is 2.75 bits per heavy atom. The summed E-state index contributed by atoms with van der Waals surface area (Å²) >= 11 is 3.42. The molecule has 0 unspecified atom stereocenters. The maximum absolute atomic E-state index is 11.8. The zero-order valence-corrected chi connectivity index (χ0v) is 13.3. The molecule has 1 aromatic heterocycles. The number of benzene rings is 1. The molecule has 0 N–H and O–H groups in total. The van der Waals surface area contributed by atoms with E-state index < -0.39 is 5.97 Å². The topological polar surface area (TPSA) is 52.3 Å². The lowest BCUT2D eigenvalue weighted by Crippen LogP contribution is -2.05. The van der Waals surface area contributed by atoms with Gasteiger partial charge in [-0.1, -0.05) is 22.9 Å². The van der Waals surface area contributed by atoms with Crippen LogP contribution in [0.4, 0.5) is 0 Å². The molecular formula is C15H16BrNO3. The van der Waals surface area contributed by atoms with E-state index in [1.54, 1.807) is 6.92 Å². The smallest absolute Gasteiger partial charge is 0.376 e. The molecule has 5 heteroatoms. The van der Waals surface area contributed by atoms with Gasteiger partial charge in [-0.25, -0.2) is 9.78 Å². The molecule has 4 nitrogen and oxygen atoms in total. The molecule has 0 spiro atoms. The molecule has 0 saturated carbocycles. The molecule has 0 radical (unpaired) electrons. The van der Waals surface area contributed by atoms with Gasteiger partial charge in [-0.3, -0.25) is 0 Å². The SMILES string of the molecule is CCOC(=O)c1oc(-c2ccc(Br)cc2C)nc1CC. The van der Waals surface area contributed by atoms with Gasteiger partial charge >= 0.3 is 5.97 Å². The molecular weight excluding hydrogens is 322 g/mol. The minimum Gasteiger partial charge on any atom is -0.460 e. The van der Waals surface area contributed by atoms with Crippen molar-refractivity contribution in [3.8, 4) is 11.5 Å². The average molecular weight is 338 g/mol. The maximum Gasteiger partial charge on any atom is 0.376 e. The van der Waals surface area contributed by atoms with Crippen LogP contribution in [-0.2, 0) is 11.2 Å². The third kappa shape index (κ3) is 2.93. The van der Waals surface area contributed by atoms with Crippen LogP contribution in [0.5, 0.6) is 0 Å². The number of ether oxygens (including phenoxy) is 1. The molecule has 0 aliphatic heterocycles. The number of hydrogen-bond acceptors (Lipinski definition) is 4. The van der Waals surface area contributed by atoms with Crippen molar-refractivity contribution in [2.45, 2.75) is 27.2 Å². The molecule has 0 amide bonds. The maximum atomic E-state index is 11.8. The van der Waals surface area contributed by atoms with Gasteiger partial charge in [0.05, 0.1) is 12.3 Å². The number of esters is 1. The predicted octanol–water partition coefficient (Wildman–Crippen LogP) is 4.15. The first-order valence-corrected chi connectivity index (χ1v) is 7.29. The Balaban J connectivity index is 2.45. The highest BCUT2D eigenvalue weighted by Gasteiger charge is 2.21. The molecule has 1 aromatic carbocycles. The van der Waals surface area contributed by atoms with Gasteiger partial charge < -0.3 is 9.15 Å². The van der Waals surface area contributed by atoms with Crippen LogP contribution in [0.25, 0.3) is 11.5 Å². The van der Waals surface area contributed by atoms with Gasteiger partial charge in [0.15, 0.2) is 0 Å². The number of carbonyl (C=O) groups is 1. The van der Waals surface area contributed by atoms with Gasteiger partial charge in [0.2, 0.25) is 11.7 Å². The minimum atomic E-state index is -0.460. The molecule has 0 atom stereocenters. The zero-order chi connectivity index (χ0) is 14.7. The highest BCUT2D eigenvalue weighted by molar-refractivity contribution is 9.10. The minimum absolute atomic E-state index is 0.201. The van der Waals surface area contributed by atoms with Crippen LogP contribution >= 0.6 is 15.9 Å². The highest BCUT2D eigenvalue weighted by atomic mass is 79.9. The lowest BCUT2D eigenvalue weighted by atomic mass is 10.1. The van der Waals surface area contributed by atoms with Crippen LogP contribution in [0.3, 0.4) is 0 Å². The van der Waals surface area contributed by atoms with E-state index in [0.717, 1.165) is 15.6 Å². The van der Waals surface area contributed by atoms with Crippen molar-refractivity contribution in [3.05, 3.63) is 39.7 Å². The van der Waals surface area contributed by atoms with Crippen molar-refractivity contribution in [3.63, 3.8) is 0 Å². The first kappa shape index (κ1) is 14.8. The zero-order valence-electron chi connectivity index (χ0n) is 11.7. The van der Waals surface area contributed by atoms with Crippen LogP contribution in [0.2, 0.25) is 0 Å². The molecule has 106 valence electrons. The molecule has 1 heterocycles. The molecule has 0 saturated heterocycles. The van der Waals surface area contributed by atoms with Crippen LogP contribution in [-0.4, -0.2) is 17.6 Å². The van der Waals surface area contributed by atoms with Crippen LogP contribution in [0, 0.1) is 6.92 Å². The summed E-state index contributed by atoms with van der Waals surface area (Å²) in [6.45, 7) is 5.98. The van der Waals surface area contributed by atoms with E-state index in [0.29, 0.717) is 24.6 Å². The molecule has 2 rings (SSSR count). The predicted molar refractivity (Wildman–Crippen MR) is 79.7 cm³/mol. The highest BCUT2D eigenvalue weighted by Crippen LogP contribution is 2.28. The Kier molecular flexibility index (Phi) is 4.60. The number of aryl methyl sites for hydroxylation is 2. The average Bonchev–Trinajstić information content (AvgIpc) is 2.83. The summed E-state index contributed by atoms with van der Waals surface area (Å²) in [4.78, 5) is 16.3. The summed E-state index contributed by atoms with van der Waals surface area (Å²) in [5, 5.41) is 0. The van der Waals surface area contributed by atoms with Gasteiger partial charge in [-0.2, -0.15) is 0 Å². The largest absolute Gasteiger partial charge is 0.460 e. The fourth-order valence-electron chi connectivity index (χ4n) is 1.93. The van der Waals surface area contributed by atoms with Gasteiger partial charge in [0.1, 0.15) is 0 Å². The number of aromatic nitrogens is 1. The van der Waals surface area contributed by atoms with E-state index in [9.17, 15) is 4.79 Å². The normalized spacial score (nSPS) is 10.6. The molecule has 2 aromatic rings. The van der Waals surface area contributed by atoms with E-state index in [2.05, 4.69) is 20.9 Å². The second-order valence-corrected chi connectivity index (χ2v) is 5.24. The van der Waals surface area contributed by atoms with E-state index >= 15 is 0 Å². The van der Waals surface area contributed by atoms with Crippen molar-refractivity contribution in [2.75, 3.05) is 6.61 Å². The monoisotopic (exact) mass is 337 g/mol. The number of halogens is 1. The second kappa shape index (κ2) is 6.22. The van der Waals surface area contributed by atoms with Gasteiger partial charge in [-0.15, -0.1) is 0 Å². The van der Waals surface area contributed by atoms with Crippen molar-refractivity contribution < 1.29 is 13.9 Å². The van der Waals surface area contributed by atoms with E-state index in [1.165, 1.54) is 0 Å². The Morgan fingerprint density at radius 1 is 1.40 bits per heavy atom. The number of hydrogen-bond donors (Lipinski definition) is 0. The quantitative estimate of drug-likeness (QED) is 0.786. The van der Waals surface area contributed by atoms with Crippen molar-refractivity contribution >= 4 is 21.9 Å². The fourth-order valence-corrected chi connectivity index (χ4v) is 2.41. The molecule has 0 aliphatic carbocycles. The van der Waals surface area contributed by atoms with Crippen molar-refractivity contribution in [1.29, 1.82) is 0 Å². The lowest BCUT2D eigenvalue weighted by molar-refractivity contribution is 0.0489. The summed E-state index contributed by atoms with van der Waals surface area (Å²) in [5.41, 5.74) is 2.53. The molecule has 0 fully saturated rings. The Morgan fingerprint density at radius 2 is 2.15 bits per heavy atom. The lowest BCUT2D eigenvalue weighted by Gasteiger charge is -2.01. The third-order valence-electron chi connectivity index (χ3n) is 2.91. The Labute approximate surface area is 126 Å². The molecule has 0 bridgehead atoms. The standard InChI is InChI=1S/C15H16BrNO3/c1-4-12-13(15(18)19-5-2)20-14(17-12)11-7-6-10(16)8-9(11)3/h6-8H,4-5H2,1-3H3. The summed E-state index contributed by atoms with van der Waals surface area (Å²) in [5.74, 6) is 0.194. The molecule has 20 heavy (non-hydrogen) atoms. The fraction of sp³-hybridized carbons (Fsp3) is 0.333. The first-order chi connectivity index (χ1) is 9.56.